The van der Waals surface area contributed by atoms with Crippen LogP contribution in [0.5, 0.6) is 5.75 Å². The molecule has 0 amide bonds. The first kappa shape index (κ1) is 16.5. The minimum Gasteiger partial charge on any atom is -0.858 e. The van der Waals surface area contributed by atoms with E-state index in [1.807, 2.05) is 0 Å². The molecule has 0 aliphatic carbocycles. The van der Waals surface area contributed by atoms with E-state index in [-0.39, 0.29) is 51.4 Å². The molecular weight excluding hydrogens is 295 g/mol. The molecule has 3 rings (SSSR count). The number of para-hydroxylation sites is 1. The maximum Gasteiger partial charge on any atom is 1.00 e. The van der Waals surface area contributed by atoms with E-state index in [2.05, 4.69) is 10.3 Å². The summed E-state index contributed by atoms with van der Waals surface area (Å²) >= 11 is 0. The van der Waals surface area contributed by atoms with Crippen LogP contribution in [0.3, 0.4) is 0 Å². The number of nitrogens with one attached hydrogen (secondary N) is 1. The number of methoxy groups -OCH3 is 1. The standard InChI is InChI=1S/C15H14N2O3.K/c1-20-11-8-6-10(7-9-11)15(19)16-13-5-3-2-4-12(13)14(18)17-15;/h2-9,16,19H,1H3,(H,17,18);/q;+1/p-1. The second-order valence-electron chi connectivity index (χ2n) is 4.49. The summed E-state index contributed by atoms with van der Waals surface area (Å²) in [6.07, 6.45) is 0. The van der Waals surface area contributed by atoms with Gasteiger partial charge in [0.1, 0.15) is 5.75 Å². The van der Waals surface area contributed by atoms with Gasteiger partial charge < -0.3 is 20.3 Å². The molecule has 0 saturated carbocycles. The molecule has 0 bridgehead atoms. The number of aliphatic imine (C=N–C) groups is 1. The van der Waals surface area contributed by atoms with Crippen LogP contribution in [0.15, 0.2) is 53.5 Å². The topological polar surface area (TPSA) is 76.9 Å². The van der Waals surface area contributed by atoms with Gasteiger partial charge in [0.15, 0.2) is 0 Å². The fraction of sp³-hybridized carbons (Fsp3) is 0.133. The molecule has 6 heteroatoms. The molecule has 2 N–H and O–H groups in total. The number of hydrogen-bond acceptors (Lipinski definition) is 5. The van der Waals surface area contributed by atoms with Gasteiger partial charge in [0.05, 0.1) is 7.11 Å². The van der Waals surface area contributed by atoms with Gasteiger partial charge in [-0.25, -0.2) is 4.99 Å². The minimum atomic E-state index is -1.75. The van der Waals surface area contributed by atoms with Crippen molar-refractivity contribution >= 4 is 11.6 Å². The Bertz CT molecular complexity index is 673. The second kappa shape index (κ2) is 6.47. The Kier molecular flexibility index (Phi) is 5.08. The van der Waals surface area contributed by atoms with E-state index in [1.165, 1.54) is 0 Å². The SMILES string of the molecule is COc1ccc(C2(O)N=C([O-])c3ccccc3N2)cc1.[K+]. The summed E-state index contributed by atoms with van der Waals surface area (Å²) in [4.78, 5) is 3.85. The number of fused-ring (bicyclic) bond motifs is 1. The molecule has 102 valence electrons. The zero-order valence-corrected chi connectivity index (χ0v) is 15.0. The maximum absolute atomic E-state index is 12.0. The van der Waals surface area contributed by atoms with Crippen molar-refractivity contribution in [1.82, 2.24) is 0 Å². The van der Waals surface area contributed by atoms with Gasteiger partial charge in [-0.15, -0.1) is 0 Å². The average molecular weight is 308 g/mol. The van der Waals surface area contributed by atoms with Gasteiger partial charge in [-0.2, -0.15) is 0 Å². The summed E-state index contributed by atoms with van der Waals surface area (Å²) < 4.78 is 5.07. The first-order valence-electron chi connectivity index (χ1n) is 6.14. The van der Waals surface area contributed by atoms with Gasteiger partial charge >= 0.3 is 51.4 Å². The molecule has 5 nitrogen and oxygen atoms in total. The van der Waals surface area contributed by atoms with Crippen molar-refractivity contribution in [3.63, 3.8) is 0 Å². The fourth-order valence-electron chi connectivity index (χ4n) is 2.16. The summed E-state index contributed by atoms with van der Waals surface area (Å²) in [5.41, 5.74) is 1.48. The second-order valence-corrected chi connectivity index (χ2v) is 4.49. The van der Waals surface area contributed by atoms with E-state index in [9.17, 15) is 10.2 Å². The Labute approximate surface area is 165 Å². The summed E-state index contributed by atoms with van der Waals surface area (Å²) in [5, 5.41) is 25.5. The summed E-state index contributed by atoms with van der Waals surface area (Å²) in [6, 6.07) is 13.7. The predicted molar refractivity (Wildman–Crippen MR) is 73.5 cm³/mol. The molecular formula is C15H13KN2O3. The van der Waals surface area contributed by atoms with Gasteiger partial charge in [0.25, 0.3) is 5.85 Å². The van der Waals surface area contributed by atoms with Crippen molar-refractivity contribution in [2.45, 2.75) is 5.85 Å². The van der Waals surface area contributed by atoms with Crippen molar-refractivity contribution in [2.24, 2.45) is 4.99 Å². The summed E-state index contributed by atoms with van der Waals surface area (Å²) in [6.45, 7) is 0. The van der Waals surface area contributed by atoms with Crippen molar-refractivity contribution in [3.8, 4) is 5.75 Å². The number of rotatable bonds is 2. The van der Waals surface area contributed by atoms with Crippen LogP contribution in [-0.4, -0.2) is 18.1 Å². The van der Waals surface area contributed by atoms with Crippen LogP contribution in [-0.2, 0) is 5.85 Å². The zero-order chi connectivity index (χ0) is 14.2. The monoisotopic (exact) mass is 308 g/mol. The quantitative estimate of drug-likeness (QED) is 0.631. The first-order chi connectivity index (χ1) is 9.62. The third-order valence-corrected chi connectivity index (χ3v) is 3.22. The Hall–Kier alpha value is -0.894. The molecule has 0 saturated heterocycles. The molecule has 1 aliphatic heterocycles. The molecule has 1 atom stereocenters. The molecule has 2 aromatic carbocycles. The summed E-state index contributed by atoms with van der Waals surface area (Å²) in [7, 11) is 1.56. The van der Waals surface area contributed by atoms with Crippen molar-refractivity contribution in [2.75, 3.05) is 12.4 Å². The van der Waals surface area contributed by atoms with Crippen molar-refractivity contribution < 1.29 is 66.3 Å². The van der Waals surface area contributed by atoms with Crippen LogP contribution < -0.4 is 66.5 Å². The smallest absolute Gasteiger partial charge is 0.858 e. The average Bonchev–Trinajstić information content (AvgIpc) is 2.47. The van der Waals surface area contributed by atoms with Crippen LogP contribution in [0.1, 0.15) is 11.1 Å². The first-order valence-corrected chi connectivity index (χ1v) is 6.14. The van der Waals surface area contributed by atoms with Crippen LogP contribution in [0, 0.1) is 0 Å². The molecule has 21 heavy (non-hydrogen) atoms. The third-order valence-electron chi connectivity index (χ3n) is 3.22. The predicted octanol–water partition coefficient (Wildman–Crippen LogP) is -1.97. The number of hydrogen-bond donors (Lipinski definition) is 2. The number of ether oxygens (including phenoxy) is 1. The molecule has 0 radical (unpaired) electrons. The normalized spacial score (nSPS) is 19.6. The summed E-state index contributed by atoms with van der Waals surface area (Å²) in [5.74, 6) is -1.53. The Morgan fingerprint density at radius 1 is 1.14 bits per heavy atom. The Balaban J connectivity index is 0.00000161. The molecule has 2 aromatic rings. The van der Waals surface area contributed by atoms with Crippen LogP contribution in [0.25, 0.3) is 0 Å². The zero-order valence-electron chi connectivity index (χ0n) is 11.8. The van der Waals surface area contributed by atoms with E-state index in [1.54, 1.807) is 55.6 Å². The number of aliphatic hydroxyl groups is 1. The minimum absolute atomic E-state index is 0. The van der Waals surface area contributed by atoms with E-state index >= 15 is 0 Å². The van der Waals surface area contributed by atoms with Gasteiger partial charge in [0, 0.05) is 16.8 Å². The molecule has 1 unspecified atom stereocenters. The van der Waals surface area contributed by atoms with Crippen LogP contribution in [0.2, 0.25) is 0 Å². The molecule has 0 fully saturated rings. The van der Waals surface area contributed by atoms with E-state index in [0.717, 1.165) is 0 Å². The fourth-order valence-corrected chi connectivity index (χ4v) is 2.16. The Morgan fingerprint density at radius 3 is 2.48 bits per heavy atom. The van der Waals surface area contributed by atoms with Crippen molar-refractivity contribution in [1.29, 1.82) is 0 Å². The number of benzene rings is 2. The van der Waals surface area contributed by atoms with Gasteiger partial charge in [0.2, 0.25) is 0 Å². The molecule has 0 spiro atoms. The number of nitrogens with zero attached hydrogens (tertiary/aromatic N) is 1. The van der Waals surface area contributed by atoms with E-state index in [0.29, 0.717) is 22.6 Å². The third kappa shape index (κ3) is 3.15. The van der Waals surface area contributed by atoms with E-state index in [4.69, 9.17) is 4.74 Å². The molecule has 0 aromatic heterocycles. The molecule has 1 heterocycles. The van der Waals surface area contributed by atoms with E-state index < -0.39 is 11.7 Å². The van der Waals surface area contributed by atoms with Gasteiger partial charge in [-0.1, -0.05) is 18.2 Å². The van der Waals surface area contributed by atoms with Crippen molar-refractivity contribution in [3.05, 3.63) is 59.7 Å². The maximum atomic E-state index is 12.0. The van der Waals surface area contributed by atoms with Crippen LogP contribution in [0.4, 0.5) is 5.69 Å². The number of anilines is 1. The Morgan fingerprint density at radius 2 is 1.81 bits per heavy atom. The largest absolute Gasteiger partial charge is 1.00 e. The molecule has 1 aliphatic rings. The van der Waals surface area contributed by atoms with Crippen LogP contribution >= 0.6 is 0 Å². The van der Waals surface area contributed by atoms with Gasteiger partial charge in [-0.3, -0.25) is 0 Å². The van der Waals surface area contributed by atoms with Gasteiger partial charge in [-0.05, 0) is 36.2 Å².